The van der Waals surface area contributed by atoms with Gasteiger partial charge in [0.1, 0.15) is 0 Å². The van der Waals surface area contributed by atoms with Crippen molar-refractivity contribution in [3.8, 4) is 0 Å². The maximum Gasteiger partial charge on any atom is 0.321 e. The van der Waals surface area contributed by atoms with Crippen LogP contribution >= 0.6 is 0 Å². The van der Waals surface area contributed by atoms with Gasteiger partial charge in [-0.3, -0.25) is 0 Å². The van der Waals surface area contributed by atoms with Crippen LogP contribution in [0.4, 0.5) is 4.79 Å². The number of rotatable bonds is 4. The molecule has 2 aliphatic heterocycles. The monoisotopic (exact) mass is 342 g/mol. The molecule has 0 bridgehead atoms. The Kier molecular flexibility index (Phi) is 4.94. The molecule has 1 aromatic rings. The maximum atomic E-state index is 12.4. The minimum absolute atomic E-state index is 0.119. The van der Waals surface area contributed by atoms with Crippen molar-refractivity contribution in [1.29, 1.82) is 0 Å². The van der Waals surface area contributed by atoms with E-state index in [0.29, 0.717) is 23.2 Å². The van der Waals surface area contributed by atoms with E-state index >= 15 is 0 Å². The van der Waals surface area contributed by atoms with Crippen molar-refractivity contribution in [2.24, 2.45) is 17.6 Å². The van der Waals surface area contributed by atoms with E-state index in [4.69, 9.17) is 5.73 Å². The molecule has 2 amide bonds. The molecule has 2 atom stereocenters. The van der Waals surface area contributed by atoms with Crippen LogP contribution in [0.2, 0.25) is 0 Å². The summed E-state index contributed by atoms with van der Waals surface area (Å²) in [4.78, 5) is 16.6. The van der Waals surface area contributed by atoms with E-state index in [1.807, 2.05) is 30.2 Å². The summed E-state index contributed by atoms with van der Waals surface area (Å²) in [6.45, 7) is 9.54. The number of nitrogens with zero attached hydrogens (tertiary/aromatic N) is 4. The lowest BCUT2D eigenvalue weighted by Gasteiger charge is -2.20. The van der Waals surface area contributed by atoms with Gasteiger partial charge in [-0.15, -0.1) is 0 Å². The van der Waals surface area contributed by atoms with E-state index in [1.54, 1.807) is 17.0 Å². The Hall–Kier alpha value is -2.54. The largest absolute Gasteiger partial charge is 0.397 e. The fourth-order valence-corrected chi connectivity index (χ4v) is 3.54. The number of urea groups is 1. The molecule has 3 rings (SSSR count). The number of carbonyl (C=O) groups is 1. The fourth-order valence-electron chi connectivity index (χ4n) is 3.54. The smallest absolute Gasteiger partial charge is 0.321 e. The number of likely N-dealkylation sites (tertiary alicyclic amines) is 2. The topological polar surface area (TPSA) is 79.4 Å². The number of aromatic nitrogens is 2. The molecule has 0 spiro atoms. The number of hydrogen-bond donors (Lipinski definition) is 2. The van der Waals surface area contributed by atoms with Crippen molar-refractivity contribution in [3.63, 3.8) is 0 Å². The van der Waals surface area contributed by atoms with Gasteiger partial charge in [0.15, 0.2) is 0 Å². The molecule has 1 aromatic heterocycles. The Morgan fingerprint density at radius 3 is 2.56 bits per heavy atom. The molecular formula is C18H26N6O. The zero-order chi connectivity index (χ0) is 18.0. The second-order valence-corrected chi connectivity index (χ2v) is 6.94. The fraction of sp³-hybridized carbons (Fsp3) is 0.444. The molecular weight excluding hydrogens is 316 g/mol. The lowest BCUT2D eigenvalue weighted by Crippen LogP contribution is -2.40. The van der Waals surface area contributed by atoms with Gasteiger partial charge in [0.25, 0.3) is 0 Å². The third kappa shape index (κ3) is 3.93. The second-order valence-electron chi connectivity index (χ2n) is 6.94. The van der Waals surface area contributed by atoms with Gasteiger partial charge in [-0.25, -0.2) is 9.48 Å². The molecule has 2 saturated heterocycles. The summed E-state index contributed by atoms with van der Waals surface area (Å²) in [7, 11) is 2.13. The summed E-state index contributed by atoms with van der Waals surface area (Å²) < 4.78 is 1.74. The average Bonchev–Trinajstić information content (AvgIpc) is 3.27. The Balaban J connectivity index is 1.54. The van der Waals surface area contributed by atoms with Gasteiger partial charge < -0.3 is 20.9 Å². The van der Waals surface area contributed by atoms with Gasteiger partial charge in [0.2, 0.25) is 0 Å². The van der Waals surface area contributed by atoms with Crippen LogP contribution in [0.25, 0.3) is 5.70 Å². The second kappa shape index (κ2) is 7.14. The standard InChI is InChI=1S/C18H26N6O/c1-13(24-8-4-7-20-24)5-6-17(19)14(2)21-18(25)23-11-15-9-22(3)10-16(15)12-23/h4-8,15-16H,2,9-12,19H2,1,3H3,(H,21,25)/b13-5+,17-6+. The van der Waals surface area contributed by atoms with Crippen LogP contribution in [-0.4, -0.2) is 58.8 Å². The van der Waals surface area contributed by atoms with E-state index in [1.165, 1.54) is 0 Å². The molecule has 0 saturated carbocycles. The normalized spacial score (nSPS) is 24.5. The van der Waals surface area contributed by atoms with Gasteiger partial charge in [-0.05, 0) is 44.0 Å². The van der Waals surface area contributed by atoms with E-state index in [0.717, 1.165) is 31.9 Å². The van der Waals surface area contributed by atoms with Gasteiger partial charge in [-0.2, -0.15) is 5.10 Å². The maximum absolute atomic E-state index is 12.4. The quantitative estimate of drug-likeness (QED) is 0.809. The molecule has 134 valence electrons. The number of allylic oxidation sites excluding steroid dienone is 3. The molecule has 7 nitrogen and oxygen atoms in total. The van der Waals surface area contributed by atoms with Crippen molar-refractivity contribution in [3.05, 3.63) is 48.6 Å². The highest BCUT2D eigenvalue weighted by atomic mass is 16.2. The number of fused-ring (bicyclic) bond motifs is 1. The zero-order valence-corrected chi connectivity index (χ0v) is 14.9. The molecule has 0 radical (unpaired) electrons. The molecule has 2 fully saturated rings. The Labute approximate surface area is 148 Å². The predicted molar refractivity (Wildman–Crippen MR) is 98.2 cm³/mol. The number of carbonyl (C=O) groups excluding carboxylic acids is 1. The van der Waals surface area contributed by atoms with Gasteiger partial charge in [0, 0.05) is 44.3 Å². The molecule has 2 unspecified atom stereocenters. The number of amides is 2. The molecule has 25 heavy (non-hydrogen) atoms. The first kappa shape index (κ1) is 17.3. The van der Waals surface area contributed by atoms with Gasteiger partial charge in [-0.1, -0.05) is 6.58 Å². The molecule has 0 aromatic carbocycles. The number of nitrogens with two attached hydrogens (primary N) is 1. The minimum Gasteiger partial charge on any atom is -0.397 e. The van der Waals surface area contributed by atoms with Crippen LogP contribution < -0.4 is 11.1 Å². The molecule has 0 aliphatic carbocycles. The number of nitrogens with one attached hydrogen (secondary N) is 1. The Morgan fingerprint density at radius 1 is 1.28 bits per heavy atom. The first-order chi connectivity index (χ1) is 11.9. The van der Waals surface area contributed by atoms with E-state index in [9.17, 15) is 4.79 Å². The molecule has 7 heteroatoms. The first-order valence-corrected chi connectivity index (χ1v) is 8.52. The van der Waals surface area contributed by atoms with Crippen molar-refractivity contribution >= 4 is 11.7 Å². The van der Waals surface area contributed by atoms with Crippen LogP contribution in [0.15, 0.2) is 48.6 Å². The highest BCUT2D eigenvalue weighted by Crippen LogP contribution is 2.30. The predicted octanol–water partition coefficient (Wildman–Crippen LogP) is 1.30. The summed E-state index contributed by atoms with van der Waals surface area (Å²) in [6.07, 6.45) is 7.14. The highest BCUT2D eigenvalue weighted by molar-refractivity contribution is 5.77. The van der Waals surface area contributed by atoms with Gasteiger partial charge in [0.05, 0.1) is 11.4 Å². The van der Waals surface area contributed by atoms with Crippen LogP contribution in [-0.2, 0) is 0 Å². The number of hydrogen-bond acceptors (Lipinski definition) is 4. The van der Waals surface area contributed by atoms with Crippen LogP contribution in [0.5, 0.6) is 0 Å². The Bertz CT molecular complexity index is 691. The summed E-state index contributed by atoms with van der Waals surface area (Å²) in [5.41, 5.74) is 7.79. The SMILES string of the molecule is C=C(NC(=O)N1CC2CN(C)CC2C1)/C(N)=C\C=C(/C)n1cccn1. The van der Waals surface area contributed by atoms with Crippen molar-refractivity contribution in [2.75, 3.05) is 33.2 Å². The summed E-state index contributed by atoms with van der Waals surface area (Å²) in [5, 5.41) is 6.96. The van der Waals surface area contributed by atoms with E-state index in [2.05, 4.69) is 28.9 Å². The third-order valence-corrected chi connectivity index (χ3v) is 4.93. The summed E-state index contributed by atoms with van der Waals surface area (Å²) >= 11 is 0. The van der Waals surface area contributed by atoms with Crippen molar-refractivity contribution in [2.45, 2.75) is 6.92 Å². The Morgan fingerprint density at radius 2 is 1.96 bits per heavy atom. The van der Waals surface area contributed by atoms with Crippen molar-refractivity contribution in [1.82, 2.24) is 24.9 Å². The molecule has 3 heterocycles. The van der Waals surface area contributed by atoms with Crippen LogP contribution in [0, 0.1) is 11.8 Å². The van der Waals surface area contributed by atoms with Gasteiger partial charge >= 0.3 is 6.03 Å². The zero-order valence-electron chi connectivity index (χ0n) is 14.9. The van der Waals surface area contributed by atoms with E-state index < -0.39 is 0 Å². The summed E-state index contributed by atoms with van der Waals surface area (Å²) in [5.74, 6) is 1.16. The molecule has 3 N–H and O–H groups in total. The lowest BCUT2D eigenvalue weighted by atomic mass is 10.0. The summed E-state index contributed by atoms with van der Waals surface area (Å²) in [6, 6.07) is 1.73. The van der Waals surface area contributed by atoms with E-state index in [-0.39, 0.29) is 6.03 Å². The first-order valence-electron chi connectivity index (χ1n) is 8.52. The highest BCUT2D eigenvalue weighted by Gasteiger charge is 2.40. The molecule has 2 aliphatic rings. The minimum atomic E-state index is -0.119. The van der Waals surface area contributed by atoms with Crippen LogP contribution in [0.1, 0.15) is 6.92 Å². The lowest BCUT2D eigenvalue weighted by molar-refractivity contribution is 0.205. The van der Waals surface area contributed by atoms with Crippen LogP contribution in [0.3, 0.4) is 0 Å². The average molecular weight is 342 g/mol. The van der Waals surface area contributed by atoms with Crippen molar-refractivity contribution < 1.29 is 4.79 Å². The third-order valence-electron chi connectivity index (χ3n) is 4.93.